The maximum atomic E-state index is 12.2. The van der Waals surface area contributed by atoms with Crippen LogP contribution in [0.1, 0.15) is 31.7 Å². The molecule has 126 valence electrons. The molecule has 0 spiro atoms. The monoisotopic (exact) mass is 329 g/mol. The summed E-state index contributed by atoms with van der Waals surface area (Å²) in [6, 6.07) is 5.72. The van der Waals surface area contributed by atoms with Crippen LogP contribution < -0.4 is 10.1 Å². The number of alkyl halides is 3. The van der Waals surface area contributed by atoms with Crippen molar-refractivity contribution in [3.8, 4) is 5.75 Å². The number of cyclic esters (lactones) is 1. The number of ether oxygens (including phenoxy) is 2. The summed E-state index contributed by atoms with van der Waals surface area (Å²) in [6.45, 7) is 2.49. The van der Waals surface area contributed by atoms with Gasteiger partial charge in [0.2, 0.25) is 0 Å². The largest absolute Gasteiger partial charge is 0.573 e. The van der Waals surface area contributed by atoms with Crippen LogP contribution >= 0.6 is 0 Å². The molecule has 1 aliphatic rings. The van der Waals surface area contributed by atoms with E-state index in [1.165, 1.54) is 18.2 Å². The molecule has 1 heterocycles. The van der Waals surface area contributed by atoms with Gasteiger partial charge in [-0.2, -0.15) is 0 Å². The van der Waals surface area contributed by atoms with Gasteiger partial charge in [0.1, 0.15) is 12.4 Å². The molecule has 0 unspecified atom stereocenters. The SMILES string of the molecule is CCCCC1=C(NCc2cccc(OC(F)(F)F)c2)COC1=O. The first-order chi connectivity index (χ1) is 10.9. The normalized spacial score (nSPS) is 14.9. The smallest absolute Gasteiger partial charge is 0.456 e. The van der Waals surface area contributed by atoms with Crippen LogP contribution in [0.3, 0.4) is 0 Å². The number of benzene rings is 1. The first-order valence-electron chi connectivity index (χ1n) is 7.36. The summed E-state index contributed by atoms with van der Waals surface area (Å²) in [6.07, 6.45) is -2.24. The minimum Gasteiger partial charge on any atom is -0.456 e. The van der Waals surface area contributed by atoms with E-state index in [9.17, 15) is 18.0 Å². The van der Waals surface area contributed by atoms with Crippen molar-refractivity contribution in [3.63, 3.8) is 0 Å². The molecule has 0 fully saturated rings. The summed E-state index contributed by atoms with van der Waals surface area (Å²) in [5.41, 5.74) is 1.94. The minimum atomic E-state index is -4.71. The van der Waals surface area contributed by atoms with Crippen LogP contribution in [0.25, 0.3) is 0 Å². The van der Waals surface area contributed by atoms with E-state index >= 15 is 0 Å². The predicted octanol–water partition coefficient (Wildman–Crippen LogP) is 3.68. The van der Waals surface area contributed by atoms with Gasteiger partial charge in [-0.05, 0) is 30.5 Å². The Hall–Kier alpha value is -2.18. The highest BCUT2D eigenvalue weighted by Gasteiger charge is 2.31. The van der Waals surface area contributed by atoms with Gasteiger partial charge in [-0.25, -0.2) is 4.79 Å². The lowest BCUT2D eigenvalue weighted by Crippen LogP contribution is -2.18. The Kier molecular flexibility index (Phi) is 5.52. The molecule has 1 aromatic carbocycles. The molecule has 0 aliphatic carbocycles. The maximum Gasteiger partial charge on any atom is 0.573 e. The van der Waals surface area contributed by atoms with Crippen LogP contribution in [0, 0.1) is 0 Å². The van der Waals surface area contributed by atoms with Crippen LogP contribution in [0.4, 0.5) is 13.2 Å². The number of carbonyl (C=O) groups excluding carboxylic acids is 1. The van der Waals surface area contributed by atoms with Crippen LogP contribution in [0.5, 0.6) is 5.75 Å². The fourth-order valence-corrected chi connectivity index (χ4v) is 2.26. The van der Waals surface area contributed by atoms with E-state index in [0.717, 1.165) is 12.8 Å². The Morgan fingerprint density at radius 2 is 2.13 bits per heavy atom. The first kappa shape index (κ1) is 17.2. The Morgan fingerprint density at radius 3 is 2.83 bits per heavy atom. The van der Waals surface area contributed by atoms with Gasteiger partial charge in [0.05, 0.1) is 11.3 Å². The van der Waals surface area contributed by atoms with E-state index in [-0.39, 0.29) is 24.9 Å². The van der Waals surface area contributed by atoms with Crippen molar-refractivity contribution in [1.29, 1.82) is 0 Å². The highest BCUT2D eigenvalue weighted by molar-refractivity contribution is 5.91. The van der Waals surface area contributed by atoms with Gasteiger partial charge in [0, 0.05) is 6.54 Å². The molecule has 0 saturated carbocycles. The molecule has 2 rings (SSSR count). The van der Waals surface area contributed by atoms with Crippen LogP contribution in [0.2, 0.25) is 0 Å². The Balaban J connectivity index is 2.01. The maximum absolute atomic E-state index is 12.2. The molecule has 1 N–H and O–H groups in total. The quantitative estimate of drug-likeness (QED) is 0.775. The molecule has 23 heavy (non-hydrogen) atoms. The van der Waals surface area contributed by atoms with E-state index in [4.69, 9.17) is 4.74 Å². The van der Waals surface area contributed by atoms with Gasteiger partial charge in [-0.3, -0.25) is 0 Å². The highest BCUT2D eigenvalue weighted by atomic mass is 19.4. The third kappa shape index (κ3) is 5.19. The van der Waals surface area contributed by atoms with Crippen molar-refractivity contribution in [2.75, 3.05) is 6.61 Å². The van der Waals surface area contributed by atoms with Gasteiger partial charge in [0.15, 0.2) is 0 Å². The second-order valence-electron chi connectivity index (χ2n) is 5.19. The topological polar surface area (TPSA) is 47.6 Å². The van der Waals surface area contributed by atoms with Crippen LogP contribution in [-0.4, -0.2) is 18.9 Å². The highest BCUT2D eigenvalue weighted by Crippen LogP contribution is 2.24. The van der Waals surface area contributed by atoms with E-state index in [2.05, 4.69) is 10.1 Å². The summed E-state index contributed by atoms with van der Waals surface area (Å²) in [7, 11) is 0. The average Bonchev–Trinajstić information content (AvgIpc) is 2.82. The minimum absolute atomic E-state index is 0.177. The van der Waals surface area contributed by atoms with Gasteiger partial charge in [-0.1, -0.05) is 25.5 Å². The van der Waals surface area contributed by atoms with E-state index in [1.54, 1.807) is 6.07 Å². The van der Waals surface area contributed by atoms with Crippen LogP contribution in [-0.2, 0) is 16.1 Å². The van der Waals surface area contributed by atoms with Crippen molar-refractivity contribution >= 4 is 5.97 Å². The van der Waals surface area contributed by atoms with Crippen LogP contribution in [0.15, 0.2) is 35.5 Å². The third-order valence-electron chi connectivity index (χ3n) is 3.38. The molecule has 1 aliphatic heterocycles. The third-order valence-corrected chi connectivity index (χ3v) is 3.38. The van der Waals surface area contributed by atoms with Crippen molar-refractivity contribution in [2.24, 2.45) is 0 Å². The first-order valence-corrected chi connectivity index (χ1v) is 7.36. The van der Waals surface area contributed by atoms with Crippen molar-refractivity contribution in [3.05, 3.63) is 41.1 Å². The van der Waals surface area contributed by atoms with Gasteiger partial charge in [-0.15, -0.1) is 13.2 Å². The molecule has 0 aromatic heterocycles. The van der Waals surface area contributed by atoms with Crippen molar-refractivity contribution in [1.82, 2.24) is 5.32 Å². The number of unbranched alkanes of at least 4 members (excludes halogenated alkanes) is 1. The zero-order chi connectivity index (χ0) is 16.9. The molecule has 0 radical (unpaired) electrons. The number of rotatable bonds is 7. The molecule has 7 heteroatoms. The molecular weight excluding hydrogens is 311 g/mol. The summed E-state index contributed by atoms with van der Waals surface area (Å²) < 4.78 is 45.5. The molecule has 0 atom stereocenters. The van der Waals surface area contributed by atoms with E-state index in [0.29, 0.717) is 23.3 Å². The number of esters is 1. The molecule has 0 bridgehead atoms. The molecule has 1 aromatic rings. The Bertz CT molecular complexity index is 596. The summed E-state index contributed by atoms with van der Waals surface area (Å²) in [5, 5.41) is 3.07. The number of nitrogens with one attached hydrogen (secondary N) is 1. The Morgan fingerprint density at radius 1 is 1.35 bits per heavy atom. The molecular formula is C16H18F3NO3. The number of hydrogen-bond donors (Lipinski definition) is 1. The van der Waals surface area contributed by atoms with Gasteiger partial charge >= 0.3 is 12.3 Å². The van der Waals surface area contributed by atoms with Gasteiger partial charge in [0.25, 0.3) is 0 Å². The predicted molar refractivity (Wildman–Crippen MR) is 77.5 cm³/mol. The van der Waals surface area contributed by atoms with Gasteiger partial charge < -0.3 is 14.8 Å². The number of carbonyl (C=O) groups is 1. The molecule has 0 amide bonds. The lowest BCUT2D eigenvalue weighted by Gasteiger charge is -2.11. The average molecular weight is 329 g/mol. The zero-order valence-electron chi connectivity index (χ0n) is 12.7. The Labute approximate surface area is 132 Å². The number of halogens is 3. The van der Waals surface area contributed by atoms with E-state index in [1.807, 2.05) is 6.92 Å². The lowest BCUT2D eigenvalue weighted by atomic mass is 10.1. The van der Waals surface area contributed by atoms with E-state index < -0.39 is 6.36 Å². The second-order valence-corrected chi connectivity index (χ2v) is 5.19. The molecule has 4 nitrogen and oxygen atoms in total. The van der Waals surface area contributed by atoms with Crippen molar-refractivity contribution < 1.29 is 27.4 Å². The fraction of sp³-hybridized carbons (Fsp3) is 0.438. The summed E-state index contributed by atoms with van der Waals surface area (Å²) in [5.74, 6) is -0.592. The standard InChI is InChI=1S/C16H18F3NO3/c1-2-3-7-13-14(10-22-15(13)21)20-9-11-5-4-6-12(8-11)23-16(17,18)19/h4-6,8,20H,2-3,7,9-10H2,1H3. The number of hydrogen-bond acceptors (Lipinski definition) is 4. The fourth-order valence-electron chi connectivity index (χ4n) is 2.26. The summed E-state index contributed by atoms with van der Waals surface area (Å²) >= 11 is 0. The summed E-state index contributed by atoms with van der Waals surface area (Å²) in [4.78, 5) is 11.6. The zero-order valence-corrected chi connectivity index (χ0v) is 12.7. The lowest BCUT2D eigenvalue weighted by molar-refractivity contribution is -0.274. The van der Waals surface area contributed by atoms with Crippen molar-refractivity contribution in [2.45, 2.75) is 39.1 Å². The second kappa shape index (κ2) is 7.39. The molecule has 0 saturated heterocycles.